The SMILES string of the molecule is CCCC(CCc1ccc(C(=O)OC)cc1)C(=O)OC. The van der Waals surface area contributed by atoms with E-state index in [2.05, 4.69) is 11.7 Å². The third-order valence-electron chi connectivity index (χ3n) is 3.33. The number of carbonyl (C=O) groups is 2. The maximum Gasteiger partial charge on any atom is 0.337 e. The standard InChI is InChI=1S/C16H22O4/c1-4-5-13(15(17)19-2)9-6-12-7-10-14(11-8-12)16(18)20-3/h7-8,10-11,13H,4-6,9H2,1-3H3. The van der Waals surface area contributed by atoms with E-state index in [1.807, 2.05) is 12.1 Å². The summed E-state index contributed by atoms with van der Waals surface area (Å²) in [6.45, 7) is 2.06. The lowest BCUT2D eigenvalue weighted by atomic mass is 9.95. The fourth-order valence-electron chi connectivity index (χ4n) is 2.16. The molecule has 0 amide bonds. The Hall–Kier alpha value is -1.84. The summed E-state index contributed by atoms with van der Waals surface area (Å²) in [5, 5.41) is 0. The molecule has 0 fully saturated rings. The summed E-state index contributed by atoms with van der Waals surface area (Å²) < 4.78 is 9.47. The molecule has 4 nitrogen and oxygen atoms in total. The Morgan fingerprint density at radius 2 is 1.70 bits per heavy atom. The molecule has 1 unspecified atom stereocenters. The van der Waals surface area contributed by atoms with Crippen LogP contribution in [-0.4, -0.2) is 26.2 Å². The van der Waals surface area contributed by atoms with Crippen molar-refractivity contribution in [1.29, 1.82) is 0 Å². The molecule has 0 saturated carbocycles. The zero-order valence-corrected chi connectivity index (χ0v) is 12.3. The number of methoxy groups -OCH3 is 2. The van der Waals surface area contributed by atoms with Gasteiger partial charge in [0.25, 0.3) is 0 Å². The molecule has 0 aliphatic rings. The van der Waals surface area contributed by atoms with E-state index in [1.54, 1.807) is 12.1 Å². The zero-order valence-electron chi connectivity index (χ0n) is 12.3. The number of hydrogen-bond donors (Lipinski definition) is 0. The van der Waals surface area contributed by atoms with Crippen LogP contribution in [0.4, 0.5) is 0 Å². The van der Waals surface area contributed by atoms with Gasteiger partial charge in [-0.1, -0.05) is 25.5 Å². The average Bonchev–Trinajstić information content (AvgIpc) is 2.50. The van der Waals surface area contributed by atoms with Gasteiger partial charge in [0, 0.05) is 0 Å². The van der Waals surface area contributed by atoms with Crippen molar-refractivity contribution in [3.8, 4) is 0 Å². The molecule has 20 heavy (non-hydrogen) atoms. The molecule has 0 radical (unpaired) electrons. The minimum Gasteiger partial charge on any atom is -0.469 e. The van der Waals surface area contributed by atoms with Crippen molar-refractivity contribution in [2.45, 2.75) is 32.6 Å². The Morgan fingerprint density at radius 1 is 1.05 bits per heavy atom. The maximum atomic E-state index is 11.6. The molecule has 1 atom stereocenters. The number of carbonyl (C=O) groups excluding carboxylic acids is 2. The average molecular weight is 278 g/mol. The summed E-state index contributed by atoms with van der Waals surface area (Å²) in [6, 6.07) is 7.28. The van der Waals surface area contributed by atoms with Crippen molar-refractivity contribution in [3.05, 3.63) is 35.4 Å². The second kappa shape index (κ2) is 8.35. The molecule has 0 aliphatic heterocycles. The fourth-order valence-corrected chi connectivity index (χ4v) is 2.16. The molecule has 0 N–H and O–H groups in total. The quantitative estimate of drug-likeness (QED) is 0.719. The Labute approximate surface area is 120 Å². The van der Waals surface area contributed by atoms with Gasteiger partial charge in [0.15, 0.2) is 0 Å². The number of ether oxygens (including phenoxy) is 2. The van der Waals surface area contributed by atoms with Crippen LogP contribution in [0.3, 0.4) is 0 Å². The monoisotopic (exact) mass is 278 g/mol. The zero-order chi connectivity index (χ0) is 15.0. The maximum absolute atomic E-state index is 11.6. The number of aryl methyl sites for hydroxylation is 1. The molecule has 0 aromatic heterocycles. The molecule has 0 bridgehead atoms. The molecule has 0 spiro atoms. The highest BCUT2D eigenvalue weighted by molar-refractivity contribution is 5.89. The number of hydrogen-bond acceptors (Lipinski definition) is 4. The van der Waals surface area contributed by atoms with Gasteiger partial charge in [-0.05, 0) is 37.0 Å². The molecule has 1 aromatic carbocycles. The van der Waals surface area contributed by atoms with Crippen LogP contribution in [0.2, 0.25) is 0 Å². The Balaban J connectivity index is 2.59. The van der Waals surface area contributed by atoms with Gasteiger partial charge in [-0.25, -0.2) is 4.79 Å². The normalized spacial score (nSPS) is 11.8. The molecule has 0 aliphatic carbocycles. The number of benzene rings is 1. The Bertz CT molecular complexity index is 436. The summed E-state index contributed by atoms with van der Waals surface area (Å²) in [7, 11) is 2.79. The van der Waals surface area contributed by atoms with Crippen molar-refractivity contribution in [2.75, 3.05) is 14.2 Å². The summed E-state index contributed by atoms with van der Waals surface area (Å²) >= 11 is 0. The van der Waals surface area contributed by atoms with Gasteiger partial charge in [-0.15, -0.1) is 0 Å². The fraction of sp³-hybridized carbons (Fsp3) is 0.500. The minimum absolute atomic E-state index is 0.0507. The van der Waals surface area contributed by atoms with Gasteiger partial charge in [0.2, 0.25) is 0 Å². The Kier molecular flexibility index (Phi) is 6.77. The highest BCUT2D eigenvalue weighted by atomic mass is 16.5. The smallest absolute Gasteiger partial charge is 0.337 e. The van der Waals surface area contributed by atoms with Crippen molar-refractivity contribution >= 4 is 11.9 Å². The van der Waals surface area contributed by atoms with Crippen LogP contribution in [0.1, 0.15) is 42.1 Å². The third-order valence-corrected chi connectivity index (χ3v) is 3.33. The first-order valence-electron chi connectivity index (χ1n) is 6.87. The molecule has 1 rings (SSSR count). The third kappa shape index (κ3) is 4.68. The lowest BCUT2D eigenvalue weighted by Gasteiger charge is -2.13. The largest absolute Gasteiger partial charge is 0.469 e. The Morgan fingerprint density at radius 3 is 2.20 bits per heavy atom. The summed E-state index contributed by atoms with van der Waals surface area (Å²) in [6.07, 6.45) is 3.35. The van der Waals surface area contributed by atoms with Crippen molar-refractivity contribution in [1.82, 2.24) is 0 Å². The highest BCUT2D eigenvalue weighted by Crippen LogP contribution is 2.17. The first-order chi connectivity index (χ1) is 9.62. The van der Waals surface area contributed by atoms with Crippen molar-refractivity contribution in [3.63, 3.8) is 0 Å². The van der Waals surface area contributed by atoms with E-state index in [1.165, 1.54) is 14.2 Å². The van der Waals surface area contributed by atoms with Crippen LogP contribution in [0, 0.1) is 5.92 Å². The van der Waals surface area contributed by atoms with Crippen LogP contribution in [0.15, 0.2) is 24.3 Å². The van der Waals surface area contributed by atoms with E-state index in [4.69, 9.17) is 4.74 Å². The van der Waals surface area contributed by atoms with Gasteiger partial charge in [-0.2, -0.15) is 0 Å². The van der Waals surface area contributed by atoms with Gasteiger partial charge in [-0.3, -0.25) is 4.79 Å². The molecule has 0 heterocycles. The van der Waals surface area contributed by atoms with Gasteiger partial charge < -0.3 is 9.47 Å². The summed E-state index contributed by atoms with van der Waals surface area (Å²) in [5.74, 6) is -0.529. The van der Waals surface area contributed by atoms with Gasteiger partial charge in [0.1, 0.15) is 0 Å². The van der Waals surface area contributed by atoms with E-state index < -0.39 is 0 Å². The second-order valence-electron chi connectivity index (χ2n) is 4.74. The van der Waals surface area contributed by atoms with Gasteiger partial charge in [0.05, 0.1) is 25.7 Å². The summed E-state index contributed by atoms with van der Waals surface area (Å²) in [4.78, 5) is 22.9. The molecule has 0 saturated heterocycles. The van der Waals surface area contributed by atoms with Gasteiger partial charge >= 0.3 is 11.9 Å². The molecule has 4 heteroatoms. The van der Waals surface area contributed by atoms with Crippen LogP contribution >= 0.6 is 0 Å². The van der Waals surface area contributed by atoms with Crippen molar-refractivity contribution in [2.24, 2.45) is 5.92 Å². The van der Waals surface area contributed by atoms with Crippen LogP contribution in [0.25, 0.3) is 0 Å². The topological polar surface area (TPSA) is 52.6 Å². The van der Waals surface area contributed by atoms with E-state index in [-0.39, 0.29) is 17.9 Å². The first kappa shape index (κ1) is 16.2. The lowest BCUT2D eigenvalue weighted by Crippen LogP contribution is -2.16. The lowest BCUT2D eigenvalue weighted by molar-refractivity contribution is -0.145. The van der Waals surface area contributed by atoms with Crippen molar-refractivity contribution < 1.29 is 19.1 Å². The number of rotatable bonds is 7. The predicted molar refractivity (Wildman–Crippen MR) is 76.5 cm³/mol. The van der Waals surface area contributed by atoms with E-state index >= 15 is 0 Å². The molecular formula is C16H22O4. The molecule has 110 valence electrons. The molecule has 1 aromatic rings. The highest BCUT2D eigenvalue weighted by Gasteiger charge is 2.17. The first-order valence-corrected chi connectivity index (χ1v) is 6.87. The van der Waals surface area contributed by atoms with E-state index in [9.17, 15) is 9.59 Å². The minimum atomic E-state index is -0.338. The van der Waals surface area contributed by atoms with E-state index in [0.717, 1.165) is 31.2 Å². The second-order valence-corrected chi connectivity index (χ2v) is 4.74. The number of esters is 2. The van der Waals surface area contributed by atoms with E-state index in [0.29, 0.717) is 5.56 Å². The summed E-state index contributed by atoms with van der Waals surface area (Å²) in [5.41, 5.74) is 1.64. The predicted octanol–water partition coefficient (Wildman–Crippen LogP) is 3.00. The van der Waals surface area contributed by atoms with Crippen LogP contribution in [0.5, 0.6) is 0 Å². The van der Waals surface area contributed by atoms with Crippen LogP contribution in [-0.2, 0) is 20.7 Å². The molecular weight excluding hydrogens is 256 g/mol. The van der Waals surface area contributed by atoms with Crippen LogP contribution < -0.4 is 0 Å².